The number of nitro benzene ring substituents is 1. The second-order valence-electron chi connectivity index (χ2n) is 3.36. The van der Waals surface area contributed by atoms with Crippen molar-refractivity contribution in [2.24, 2.45) is 0 Å². The SMILES string of the molecule is CSc1ccc([N+](=O)[O-])cc1-c1ccccn1. The van der Waals surface area contributed by atoms with Gasteiger partial charge in [-0.05, 0) is 24.5 Å². The van der Waals surface area contributed by atoms with Crippen molar-refractivity contribution in [3.05, 3.63) is 52.7 Å². The first-order valence-electron chi connectivity index (χ1n) is 4.96. The molecule has 2 aromatic rings. The average Bonchev–Trinajstić information content (AvgIpc) is 2.39. The van der Waals surface area contributed by atoms with Crippen LogP contribution >= 0.6 is 11.8 Å². The highest BCUT2D eigenvalue weighted by atomic mass is 32.2. The molecule has 1 aromatic carbocycles. The fourth-order valence-corrected chi connectivity index (χ4v) is 2.12. The van der Waals surface area contributed by atoms with Gasteiger partial charge in [0.1, 0.15) is 0 Å². The van der Waals surface area contributed by atoms with Crippen LogP contribution in [0.3, 0.4) is 0 Å². The molecule has 0 N–H and O–H groups in total. The molecule has 4 nitrogen and oxygen atoms in total. The Morgan fingerprint density at radius 2 is 2.12 bits per heavy atom. The van der Waals surface area contributed by atoms with Crippen LogP contribution in [0, 0.1) is 10.1 Å². The van der Waals surface area contributed by atoms with Crippen LogP contribution in [-0.4, -0.2) is 16.2 Å². The fraction of sp³-hybridized carbons (Fsp3) is 0.0833. The van der Waals surface area contributed by atoms with Gasteiger partial charge >= 0.3 is 0 Å². The molecule has 0 atom stereocenters. The van der Waals surface area contributed by atoms with Crippen LogP contribution in [0.1, 0.15) is 0 Å². The van der Waals surface area contributed by atoms with Crippen molar-refractivity contribution < 1.29 is 4.92 Å². The maximum atomic E-state index is 10.8. The molecule has 0 aliphatic carbocycles. The molecule has 0 bridgehead atoms. The molecule has 0 saturated carbocycles. The molecule has 17 heavy (non-hydrogen) atoms. The Balaban J connectivity index is 2.58. The second kappa shape index (κ2) is 4.97. The summed E-state index contributed by atoms with van der Waals surface area (Å²) in [5.74, 6) is 0. The van der Waals surface area contributed by atoms with Crippen molar-refractivity contribution in [2.45, 2.75) is 4.90 Å². The molecular formula is C12H10N2O2S. The van der Waals surface area contributed by atoms with E-state index in [0.29, 0.717) is 0 Å². The quantitative estimate of drug-likeness (QED) is 0.473. The lowest BCUT2D eigenvalue weighted by Gasteiger charge is -2.06. The third-order valence-electron chi connectivity index (χ3n) is 2.33. The smallest absolute Gasteiger partial charge is 0.258 e. The molecule has 1 heterocycles. The van der Waals surface area contributed by atoms with Crippen molar-refractivity contribution in [1.82, 2.24) is 4.98 Å². The Hall–Kier alpha value is -1.88. The first-order valence-corrected chi connectivity index (χ1v) is 6.18. The maximum Gasteiger partial charge on any atom is 0.270 e. The summed E-state index contributed by atoms with van der Waals surface area (Å²) in [6.07, 6.45) is 3.62. The summed E-state index contributed by atoms with van der Waals surface area (Å²) in [7, 11) is 0. The first kappa shape index (κ1) is 11.6. The highest BCUT2D eigenvalue weighted by Crippen LogP contribution is 2.31. The molecule has 86 valence electrons. The van der Waals surface area contributed by atoms with Gasteiger partial charge < -0.3 is 0 Å². The monoisotopic (exact) mass is 246 g/mol. The van der Waals surface area contributed by atoms with E-state index in [0.717, 1.165) is 16.2 Å². The van der Waals surface area contributed by atoms with Crippen LogP contribution < -0.4 is 0 Å². The van der Waals surface area contributed by atoms with Gasteiger partial charge in [0.25, 0.3) is 5.69 Å². The number of nitro groups is 1. The molecule has 5 heteroatoms. The van der Waals surface area contributed by atoms with Crippen LogP contribution in [0.15, 0.2) is 47.5 Å². The summed E-state index contributed by atoms with van der Waals surface area (Å²) in [4.78, 5) is 15.6. The second-order valence-corrected chi connectivity index (χ2v) is 4.20. The van der Waals surface area contributed by atoms with Gasteiger partial charge in [0.15, 0.2) is 0 Å². The van der Waals surface area contributed by atoms with Crippen molar-refractivity contribution in [3.8, 4) is 11.3 Å². The third-order valence-corrected chi connectivity index (χ3v) is 3.13. The van der Waals surface area contributed by atoms with Crippen molar-refractivity contribution in [1.29, 1.82) is 0 Å². The fourth-order valence-electron chi connectivity index (χ4n) is 1.53. The zero-order valence-electron chi connectivity index (χ0n) is 9.16. The Bertz CT molecular complexity index is 543. The van der Waals surface area contributed by atoms with E-state index in [9.17, 15) is 10.1 Å². The molecule has 0 spiro atoms. The molecule has 0 unspecified atom stereocenters. The average molecular weight is 246 g/mol. The van der Waals surface area contributed by atoms with E-state index >= 15 is 0 Å². The first-order chi connectivity index (χ1) is 8.22. The molecule has 0 aliphatic rings. The lowest BCUT2D eigenvalue weighted by Crippen LogP contribution is -1.91. The lowest BCUT2D eigenvalue weighted by atomic mass is 10.1. The van der Waals surface area contributed by atoms with Gasteiger partial charge in [0.2, 0.25) is 0 Å². The van der Waals surface area contributed by atoms with Crippen molar-refractivity contribution in [3.63, 3.8) is 0 Å². The topological polar surface area (TPSA) is 56.0 Å². The normalized spacial score (nSPS) is 10.2. The van der Waals surface area contributed by atoms with Gasteiger partial charge in [-0.25, -0.2) is 0 Å². The minimum atomic E-state index is -0.392. The van der Waals surface area contributed by atoms with Crippen LogP contribution in [0.2, 0.25) is 0 Å². The molecule has 1 aromatic heterocycles. The molecular weight excluding hydrogens is 236 g/mol. The predicted octanol–water partition coefficient (Wildman–Crippen LogP) is 3.38. The zero-order chi connectivity index (χ0) is 12.3. The summed E-state index contributed by atoms with van der Waals surface area (Å²) in [6, 6.07) is 10.4. The Labute approximate surface area is 103 Å². The number of aromatic nitrogens is 1. The maximum absolute atomic E-state index is 10.8. The standard InChI is InChI=1S/C12H10N2O2S/c1-17-12-6-5-9(14(15)16)8-10(12)11-4-2-3-7-13-11/h2-8H,1H3. The van der Waals surface area contributed by atoms with E-state index in [2.05, 4.69) is 4.98 Å². The van der Waals surface area contributed by atoms with E-state index < -0.39 is 4.92 Å². The Morgan fingerprint density at radius 1 is 1.29 bits per heavy atom. The molecule has 0 radical (unpaired) electrons. The van der Waals surface area contributed by atoms with Gasteiger partial charge in [0, 0.05) is 28.8 Å². The summed E-state index contributed by atoms with van der Waals surface area (Å²) >= 11 is 1.55. The molecule has 0 saturated heterocycles. The molecule has 0 fully saturated rings. The Kier molecular flexibility index (Phi) is 3.39. The number of benzene rings is 1. The van der Waals surface area contributed by atoms with E-state index in [-0.39, 0.29) is 5.69 Å². The predicted molar refractivity (Wildman–Crippen MR) is 68.1 cm³/mol. The number of rotatable bonds is 3. The minimum Gasteiger partial charge on any atom is -0.258 e. The van der Waals surface area contributed by atoms with Gasteiger partial charge in [-0.3, -0.25) is 15.1 Å². The third kappa shape index (κ3) is 2.45. The highest BCUT2D eigenvalue weighted by molar-refractivity contribution is 7.98. The molecule has 0 aliphatic heterocycles. The van der Waals surface area contributed by atoms with E-state index in [4.69, 9.17) is 0 Å². The van der Waals surface area contributed by atoms with Gasteiger partial charge in [-0.1, -0.05) is 6.07 Å². The van der Waals surface area contributed by atoms with Crippen LogP contribution in [0.5, 0.6) is 0 Å². The van der Waals surface area contributed by atoms with E-state index in [1.807, 2.05) is 24.5 Å². The number of hydrogen-bond acceptors (Lipinski definition) is 4. The van der Waals surface area contributed by atoms with Gasteiger partial charge in [-0.15, -0.1) is 11.8 Å². The van der Waals surface area contributed by atoms with Crippen LogP contribution in [0.25, 0.3) is 11.3 Å². The number of thioether (sulfide) groups is 1. The zero-order valence-corrected chi connectivity index (χ0v) is 9.98. The summed E-state index contributed by atoms with van der Waals surface area (Å²) < 4.78 is 0. The lowest BCUT2D eigenvalue weighted by molar-refractivity contribution is -0.384. The summed E-state index contributed by atoms with van der Waals surface area (Å²) in [5, 5.41) is 10.8. The number of hydrogen-bond donors (Lipinski definition) is 0. The summed E-state index contributed by atoms with van der Waals surface area (Å²) in [5.41, 5.74) is 1.64. The number of pyridine rings is 1. The van der Waals surface area contributed by atoms with Gasteiger partial charge in [-0.2, -0.15) is 0 Å². The number of non-ortho nitro benzene ring substituents is 1. The van der Waals surface area contributed by atoms with E-state index in [1.54, 1.807) is 30.1 Å². The van der Waals surface area contributed by atoms with Crippen molar-refractivity contribution in [2.75, 3.05) is 6.26 Å². The molecule has 2 rings (SSSR count). The number of nitrogens with zero attached hydrogens (tertiary/aromatic N) is 2. The van der Waals surface area contributed by atoms with Gasteiger partial charge in [0.05, 0.1) is 10.6 Å². The molecule has 0 amide bonds. The van der Waals surface area contributed by atoms with Crippen LogP contribution in [0.4, 0.5) is 5.69 Å². The van der Waals surface area contributed by atoms with Crippen LogP contribution in [-0.2, 0) is 0 Å². The minimum absolute atomic E-state index is 0.0865. The van der Waals surface area contributed by atoms with Crippen molar-refractivity contribution >= 4 is 17.4 Å². The largest absolute Gasteiger partial charge is 0.270 e. The van der Waals surface area contributed by atoms with E-state index in [1.165, 1.54) is 6.07 Å². The highest BCUT2D eigenvalue weighted by Gasteiger charge is 2.12. The summed E-state index contributed by atoms with van der Waals surface area (Å²) in [6.45, 7) is 0. The Morgan fingerprint density at radius 3 is 2.71 bits per heavy atom.